The summed E-state index contributed by atoms with van der Waals surface area (Å²) in [6, 6.07) is 12.7. The Balaban J connectivity index is 1.58. The van der Waals surface area contributed by atoms with Crippen molar-refractivity contribution in [1.29, 1.82) is 0 Å². The maximum Gasteiger partial charge on any atom is 0.343 e. The van der Waals surface area contributed by atoms with Gasteiger partial charge >= 0.3 is 5.97 Å². The van der Waals surface area contributed by atoms with Crippen molar-refractivity contribution < 1.29 is 28.2 Å². The van der Waals surface area contributed by atoms with E-state index >= 15 is 0 Å². The largest absolute Gasteiger partial charge is 0.493 e. The number of esters is 1. The Hall–Kier alpha value is -3.97. The second kappa shape index (κ2) is 9.49. The lowest BCUT2D eigenvalue weighted by Crippen LogP contribution is -2.09. The van der Waals surface area contributed by atoms with Gasteiger partial charge in [-0.25, -0.2) is 4.79 Å². The average molecular weight is 481 g/mol. The predicted molar refractivity (Wildman–Crippen MR) is 128 cm³/mol. The normalized spacial score (nSPS) is 10.7. The lowest BCUT2D eigenvalue weighted by molar-refractivity contribution is 0.0734. The minimum absolute atomic E-state index is 0.0312. The van der Waals surface area contributed by atoms with Crippen LogP contribution in [0.4, 0.5) is 0 Å². The second-order valence-corrected chi connectivity index (χ2v) is 7.90. The minimum Gasteiger partial charge on any atom is -0.493 e. The molecule has 0 atom stereocenters. The van der Waals surface area contributed by atoms with Crippen molar-refractivity contribution in [3.63, 3.8) is 0 Å². The molecule has 4 aromatic rings. The number of halogens is 1. The molecule has 0 N–H and O–H groups in total. The quantitative estimate of drug-likeness (QED) is 0.244. The number of carbonyl (C=O) groups is 1. The fourth-order valence-corrected chi connectivity index (χ4v) is 3.56. The minimum atomic E-state index is -0.601. The van der Waals surface area contributed by atoms with E-state index in [1.165, 1.54) is 44.7 Å². The SMILES string of the molecule is COc1ccc(C(=O)Oc2ccc3c(=O)c(Oc4cc(C)c(Cl)c(C)c4)coc3c2)cc1OC. The number of ether oxygens (including phenoxy) is 4. The molecule has 8 heteroatoms. The first-order valence-electron chi connectivity index (χ1n) is 10.2. The molecule has 0 radical (unpaired) electrons. The zero-order chi connectivity index (χ0) is 24.4. The Bertz CT molecular complexity index is 1430. The fraction of sp³-hybridized carbons (Fsp3) is 0.154. The van der Waals surface area contributed by atoms with Gasteiger partial charge in [-0.15, -0.1) is 0 Å². The van der Waals surface area contributed by atoms with E-state index in [4.69, 9.17) is 35.0 Å². The number of fused-ring (bicyclic) bond motifs is 1. The van der Waals surface area contributed by atoms with Crippen LogP contribution in [0.5, 0.6) is 28.7 Å². The van der Waals surface area contributed by atoms with E-state index in [2.05, 4.69) is 0 Å². The summed E-state index contributed by atoms with van der Waals surface area (Å²) < 4.78 is 27.2. The first-order valence-corrected chi connectivity index (χ1v) is 10.6. The highest BCUT2D eigenvalue weighted by Crippen LogP contribution is 2.30. The van der Waals surface area contributed by atoms with Crippen LogP contribution in [0.2, 0.25) is 5.02 Å². The highest BCUT2D eigenvalue weighted by Gasteiger charge is 2.15. The van der Waals surface area contributed by atoms with Gasteiger partial charge in [0.15, 0.2) is 11.5 Å². The number of hydrogen-bond acceptors (Lipinski definition) is 7. The Morgan fingerprint density at radius 2 is 1.56 bits per heavy atom. The Morgan fingerprint density at radius 3 is 2.24 bits per heavy atom. The van der Waals surface area contributed by atoms with Gasteiger partial charge in [0.25, 0.3) is 0 Å². The summed E-state index contributed by atoms with van der Waals surface area (Å²) in [6.07, 6.45) is 1.23. The molecular formula is C26H21ClO7. The van der Waals surface area contributed by atoms with Gasteiger partial charge in [0.2, 0.25) is 11.2 Å². The molecule has 0 aliphatic carbocycles. The third-order valence-corrected chi connectivity index (χ3v) is 5.78. The predicted octanol–water partition coefficient (Wildman–Crippen LogP) is 6.09. The van der Waals surface area contributed by atoms with Crippen molar-refractivity contribution in [3.8, 4) is 28.7 Å². The number of carbonyl (C=O) groups excluding carboxylic acids is 1. The molecule has 1 heterocycles. The summed E-state index contributed by atoms with van der Waals surface area (Å²) in [7, 11) is 2.98. The van der Waals surface area contributed by atoms with Gasteiger partial charge in [-0.1, -0.05) is 11.6 Å². The zero-order valence-corrected chi connectivity index (χ0v) is 19.7. The van der Waals surface area contributed by atoms with Crippen molar-refractivity contribution >= 4 is 28.5 Å². The van der Waals surface area contributed by atoms with E-state index in [1.54, 1.807) is 24.3 Å². The number of methoxy groups -OCH3 is 2. The van der Waals surface area contributed by atoms with Crippen LogP contribution < -0.4 is 24.4 Å². The van der Waals surface area contributed by atoms with E-state index in [-0.39, 0.29) is 33.5 Å². The summed E-state index contributed by atoms with van der Waals surface area (Å²) >= 11 is 6.20. The summed E-state index contributed by atoms with van der Waals surface area (Å²) in [6.45, 7) is 3.71. The molecule has 0 unspecified atom stereocenters. The van der Waals surface area contributed by atoms with Crippen LogP contribution in [0.15, 0.2) is 64.0 Å². The number of benzene rings is 3. The Morgan fingerprint density at radius 1 is 0.853 bits per heavy atom. The number of rotatable bonds is 6. The van der Waals surface area contributed by atoms with Gasteiger partial charge in [-0.05, 0) is 67.4 Å². The molecule has 1 aromatic heterocycles. The molecule has 0 amide bonds. The van der Waals surface area contributed by atoms with Crippen LogP contribution in [0.1, 0.15) is 21.5 Å². The van der Waals surface area contributed by atoms with E-state index in [0.29, 0.717) is 22.3 Å². The molecule has 0 aliphatic rings. The molecule has 0 saturated heterocycles. The van der Waals surface area contributed by atoms with Crippen LogP contribution in [-0.2, 0) is 0 Å². The summed E-state index contributed by atoms with van der Waals surface area (Å²) in [4.78, 5) is 25.5. The second-order valence-electron chi connectivity index (χ2n) is 7.52. The summed E-state index contributed by atoms with van der Waals surface area (Å²) in [5.74, 6) is 1.02. The van der Waals surface area contributed by atoms with Crippen molar-refractivity contribution in [2.45, 2.75) is 13.8 Å². The average Bonchev–Trinajstić information content (AvgIpc) is 2.83. The Labute approximate surface area is 200 Å². The van der Waals surface area contributed by atoms with E-state index in [1.807, 2.05) is 13.8 Å². The van der Waals surface area contributed by atoms with Gasteiger partial charge in [0.1, 0.15) is 23.3 Å². The topological polar surface area (TPSA) is 84.2 Å². The lowest BCUT2D eigenvalue weighted by Gasteiger charge is -2.10. The first-order chi connectivity index (χ1) is 16.3. The standard InChI is InChI=1S/C26H21ClO7/c1-14-9-18(10-15(2)24(14)27)33-23-13-32-21-12-17(6-7-19(21)25(23)28)34-26(29)16-5-8-20(30-3)22(11-16)31-4/h5-13H,1-4H3. The molecule has 4 rings (SSSR count). The van der Waals surface area contributed by atoms with Gasteiger partial charge in [-0.3, -0.25) is 4.79 Å². The monoisotopic (exact) mass is 480 g/mol. The molecule has 0 bridgehead atoms. The molecule has 7 nitrogen and oxygen atoms in total. The van der Waals surface area contributed by atoms with Crippen LogP contribution in [0.25, 0.3) is 11.0 Å². The van der Waals surface area contributed by atoms with Gasteiger partial charge < -0.3 is 23.4 Å². The molecule has 34 heavy (non-hydrogen) atoms. The highest BCUT2D eigenvalue weighted by atomic mass is 35.5. The Kier molecular flexibility index (Phi) is 6.47. The summed E-state index contributed by atoms with van der Waals surface area (Å²) in [5, 5.41) is 0.930. The van der Waals surface area contributed by atoms with E-state index in [0.717, 1.165) is 11.1 Å². The van der Waals surface area contributed by atoms with Gasteiger partial charge in [-0.2, -0.15) is 0 Å². The maximum atomic E-state index is 12.9. The van der Waals surface area contributed by atoms with Crippen LogP contribution in [0, 0.1) is 13.8 Å². The molecule has 3 aromatic carbocycles. The third kappa shape index (κ3) is 4.56. The molecular weight excluding hydrogens is 460 g/mol. The molecule has 0 spiro atoms. The molecule has 0 fully saturated rings. The fourth-order valence-electron chi connectivity index (χ4n) is 3.45. The third-order valence-electron chi connectivity index (χ3n) is 5.18. The van der Waals surface area contributed by atoms with Crippen LogP contribution in [-0.4, -0.2) is 20.2 Å². The highest BCUT2D eigenvalue weighted by molar-refractivity contribution is 6.32. The van der Waals surface area contributed by atoms with Gasteiger partial charge in [0.05, 0.1) is 25.2 Å². The number of hydrogen-bond donors (Lipinski definition) is 0. The smallest absolute Gasteiger partial charge is 0.343 e. The van der Waals surface area contributed by atoms with Crippen molar-refractivity contribution in [1.82, 2.24) is 0 Å². The van der Waals surface area contributed by atoms with E-state index < -0.39 is 5.97 Å². The molecule has 0 saturated carbocycles. The first kappa shape index (κ1) is 23.2. The van der Waals surface area contributed by atoms with Crippen LogP contribution >= 0.6 is 11.6 Å². The van der Waals surface area contributed by atoms with E-state index in [9.17, 15) is 9.59 Å². The molecule has 0 aliphatic heterocycles. The molecule has 174 valence electrons. The van der Waals surface area contributed by atoms with Crippen molar-refractivity contribution in [3.05, 3.63) is 86.7 Å². The van der Waals surface area contributed by atoms with Gasteiger partial charge in [0, 0.05) is 11.1 Å². The van der Waals surface area contributed by atoms with Crippen molar-refractivity contribution in [2.24, 2.45) is 0 Å². The zero-order valence-electron chi connectivity index (χ0n) is 18.9. The van der Waals surface area contributed by atoms with Crippen molar-refractivity contribution in [2.75, 3.05) is 14.2 Å². The summed E-state index contributed by atoms with van der Waals surface area (Å²) in [5.41, 5.74) is 1.84. The lowest BCUT2D eigenvalue weighted by atomic mass is 10.1. The maximum absolute atomic E-state index is 12.9. The van der Waals surface area contributed by atoms with Crippen LogP contribution in [0.3, 0.4) is 0 Å². The number of aryl methyl sites for hydroxylation is 2.